The standard InChI is InChI=1S/C31H20O/c1-2-10-21(11-3-1)26-20-31(32-29-19-18-22-12-4-5-13-23(22)30(26)29)27-16-8-6-14-24(27)25-15-7-9-17-28(25)31/h1-20H. The average Bonchev–Trinajstić information content (AvgIpc) is 3.13. The van der Waals surface area contributed by atoms with Gasteiger partial charge in [-0.2, -0.15) is 0 Å². The lowest BCUT2D eigenvalue weighted by atomic mass is 9.81. The molecule has 0 N–H and O–H groups in total. The molecule has 0 fully saturated rings. The number of hydrogen-bond donors (Lipinski definition) is 0. The lowest BCUT2D eigenvalue weighted by Crippen LogP contribution is -2.33. The minimum atomic E-state index is -0.645. The summed E-state index contributed by atoms with van der Waals surface area (Å²) in [6.07, 6.45) is 2.35. The van der Waals surface area contributed by atoms with Gasteiger partial charge in [0.1, 0.15) is 5.75 Å². The largest absolute Gasteiger partial charge is 0.473 e. The van der Waals surface area contributed by atoms with Crippen molar-refractivity contribution in [3.8, 4) is 16.9 Å². The molecule has 32 heavy (non-hydrogen) atoms. The minimum Gasteiger partial charge on any atom is -0.473 e. The van der Waals surface area contributed by atoms with Crippen LogP contribution in [-0.2, 0) is 5.60 Å². The van der Waals surface area contributed by atoms with Gasteiger partial charge in [-0.1, -0.05) is 109 Å². The highest BCUT2D eigenvalue weighted by atomic mass is 16.5. The van der Waals surface area contributed by atoms with Gasteiger partial charge < -0.3 is 4.74 Å². The van der Waals surface area contributed by atoms with Crippen molar-refractivity contribution in [2.24, 2.45) is 0 Å². The van der Waals surface area contributed by atoms with Crippen molar-refractivity contribution in [3.05, 3.63) is 144 Å². The van der Waals surface area contributed by atoms with Gasteiger partial charge in [0.05, 0.1) is 0 Å². The Morgan fingerprint density at radius 3 is 1.91 bits per heavy atom. The summed E-state index contributed by atoms with van der Waals surface area (Å²) in [6.45, 7) is 0. The Morgan fingerprint density at radius 2 is 1.16 bits per heavy atom. The number of rotatable bonds is 1. The molecule has 0 saturated carbocycles. The SMILES string of the molecule is C1=C(c2ccccc2)c2c(ccc3ccccc23)OC12c1ccccc1-c1ccccc12. The van der Waals surface area contributed by atoms with E-state index in [9.17, 15) is 0 Å². The molecule has 150 valence electrons. The highest BCUT2D eigenvalue weighted by Gasteiger charge is 2.46. The fourth-order valence-corrected chi connectivity index (χ4v) is 5.43. The van der Waals surface area contributed by atoms with Crippen molar-refractivity contribution >= 4 is 16.3 Å². The topological polar surface area (TPSA) is 9.23 Å². The molecule has 7 rings (SSSR count). The summed E-state index contributed by atoms with van der Waals surface area (Å²) in [4.78, 5) is 0. The van der Waals surface area contributed by atoms with E-state index in [0.717, 1.165) is 5.75 Å². The molecule has 1 heterocycles. The molecule has 0 saturated heterocycles. The van der Waals surface area contributed by atoms with Crippen LogP contribution in [0.25, 0.3) is 27.5 Å². The molecule has 0 amide bonds. The molecule has 1 aliphatic heterocycles. The van der Waals surface area contributed by atoms with E-state index in [0.29, 0.717) is 0 Å². The fraction of sp³-hybridized carbons (Fsp3) is 0.0323. The zero-order valence-corrected chi connectivity index (χ0v) is 17.5. The van der Waals surface area contributed by atoms with Crippen LogP contribution in [0.1, 0.15) is 22.3 Å². The van der Waals surface area contributed by atoms with E-state index in [1.165, 1.54) is 49.7 Å². The van der Waals surface area contributed by atoms with Gasteiger partial charge in [0.15, 0.2) is 5.60 Å². The average molecular weight is 409 g/mol. The third kappa shape index (κ3) is 2.28. The Kier molecular flexibility index (Phi) is 3.54. The Morgan fingerprint density at radius 1 is 0.531 bits per heavy atom. The van der Waals surface area contributed by atoms with Crippen molar-refractivity contribution in [2.45, 2.75) is 5.60 Å². The van der Waals surface area contributed by atoms with Crippen LogP contribution in [0.5, 0.6) is 5.75 Å². The van der Waals surface area contributed by atoms with Gasteiger partial charge in [-0.05, 0) is 45.2 Å². The van der Waals surface area contributed by atoms with E-state index >= 15 is 0 Å². The summed E-state index contributed by atoms with van der Waals surface area (Å²) in [6, 6.07) is 40.8. The number of fused-ring (bicyclic) bond motifs is 8. The van der Waals surface area contributed by atoms with Crippen molar-refractivity contribution in [2.75, 3.05) is 0 Å². The van der Waals surface area contributed by atoms with Gasteiger partial charge in [-0.15, -0.1) is 0 Å². The first-order valence-corrected chi connectivity index (χ1v) is 11.0. The minimum absolute atomic E-state index is 0.645. The van der Waals surface area contributed by atoms with Crippen molar-refractivity contribution in [1.82, 2.24) is 0 Å². The summed E-state index contributed by atoms with van der Waals surface area (Å²) in [5.41, 5.74) is 7.84. The molecular weight excluding hydrogens is 388 g/mol. The third-order valence-electron chi connectivity index (χ3n) is 6.81. The van der Waals surface area contributed by atoms with Crippen LogP contribution in [-0.4, -0.2) is 0 Å². The summed E-state index contributed by atoms with van der Waals surface area (Å²) in [5, 5.41) is 2.44. The Balaban J connectivity index is 1.61. The van der Waals surface area contributed by atoms with Crippen LogP contribution in [0, 0.1) is 0 Å². The molecule has 1 nitrogen and oxygen atoms in total. The lowest BCUT2D eigenvalue weighted by molar-refractivity contribution is 0.165. The van der Waals surface area contributed by atoms with Gasteiger partial charge in [0, 0.05) is 16.7 Å². The van der Waals surface area contributed by atoms with Crippen LogP contribution in [0.15, 0.2) is 121 Å². The fourth-order valence-electron chi connectivity index (χ4n) is 5.43. The second-order valence-electron chi connectivity index (χ2n) is 8.51. The van der Waals surface area contributed by atoms with Crippen LogP contribution in [0.3, 0.4) is 0 Å². The van der Waals surface area contributed by atoms with Crippen LogP contribution >= 0.6 is 0 Å². The predicted molar refractivity (Wildman–Crippen MR) is 131 cm³/mol. The molecule has 1 heteroatoms. The molecule has 0 atom stereocenters. The van der Waals surface area contributed by atoms with Gasteiger partial charge in [-0.25, -0.2) is 0 Å². The zero-order chi connectivity index (χ0) is 21.1. The van der Waals surface area contributed by atoms with Gasteiger partial charge in [0.2, 0.25) is 0 Å². The van der Waals surface area contributed by atoms with Gasteiger partial charge >= 0.3 is 0 Å². The second kappa shape index (κ2) is 6.45. The summed E-state index contributed by atoms with van der Waals surface area (Å²) < 4.78 is 7.02. The Labute approximate surface area is 187 Å². The first-order valence-electron chi connectivity index (χ1n) is 11.0. The zero-order valence-electron chi connectivity index (χ0n) is 17.5. The van der Waals surface area contributed by atoms with Crippen molar-refractivity contribution in [3.63, 3.8) is 0 Å². The first kappa shape index (κ1) is 17.6. The summed E-state index contributed by atoms with van der Waals surface area (Å²) in [5.74, 6) is 0.927. The van der Waals surface area contributed by atoms with E-state index in [1.807, 2.05) is 0 Å². The molecule has 5 aromatic carbocycles. The maximum Gasteiger partial charge on any atom is 0.179 e. The molecule has 0 bridgehead atoms. The van der Waals surface area contributed by atoms with E-state index < -0.39 is 5.60 Å². The van der Waals surface area contributed by atoms with E-state index in [-0.39, 0.29) is 0 Å². The van der Waals surface area contributed by atoms with Crippen molar-refractivity contribution in [1.29, 1.82) is 0 Å². The van der Waals surface area contributed by atoms with Gasteiger partial charge in [0.25, 0.3) is 0 Å². The molecule has 5 aromatic rings. The highest BCUT2D eigenvalue weighted by molar-refractivity contribution is 6.02. The van der Waals surface area contributed by atoms with E-state index in [4.69, 9.17) is 4.74 Å². The number of hydrogen-bond acceptors (Lipinski definition) is 1. The molecule has 1 spiro atoms. The molecule has 0 radical (unpaired) electrons. The third-order valence-corrected chi connectivity index (χ3v) is 6.81. The smallest absolute Gasteiger partial charge is 0.179 e. The second-order valence-corrected chi connectivity index (χ2v) is 8.51. The molecule has 2 aliphatic rings. The Hall–Kier alpha value is -4.10. The summed E-state index contributed by atoms with van der Waals surface area (Å²) in [7, 11) is 0. The monoisotopic (exact) mass is 408 g/mol. The predicted octanol–water partition coefficient (Wildman–Crippen LogP) is 7.59. The van der Waals surface area contributed by atoms with E-state index in [2.05, 4.69) is 121 Å². The highest BCUT2D eigenvalue weighted by Crippen LogP contribution is 2.55. The molecule has 1 aliphatic carbocycles. The number of benzene rings is 5. The molecule has 0 aromatic heterocycles. The lowest BCUT2D eigenvalue weighted by Gasteiger charge is -2.36. The van der Waals surface area contributed by atoms with Crippen LogP contribution in [0.2, 0.25) is 0 Å². The normalized spacial score (nSPS) is 14.9. The van der Waals surface area contributed by atoms with Crippen LogP contribution in [0.4, 0.5) is 0 Å². The van der Waals surface area contributed by atoms with Gasteiger partial charge in [-0.3, -0.25) is 0 Å². The maximum absolute atomic E-state index is 7.02. The number of ether oxygens (including phenoxy) is 1. The van der Waals surface area contributed by atoms with Crippen molar-refractivity contribution < 1.29 is 4.74 Å². The maximum atomic E-state index is 7.02. The molecular formula is C31H20O. The van der Waals surface area contributed by atoms with Crippen LogP contribution < -0.4 is 4.74 Å². The summed E-state index contributed by atoms with van der Waals surface area (Å²) >= 11 is 0. The Bertz CT molecular complexity index is 1500. The van der Waals surface area contributed by atoms with E-state index in [1.54, 1.807) is 0 Å². The molecule has 0 unspecified atom stereocenters. The first-order chi connectivity index (χ1) is 15.9. The quantitative estimate of drug-likeness (QED) is 0.278.